The highest BCUT2D eigenvalue weighted by Crippen LogP contribution is 2.43. The third-order valence-electron chi connectivity index (χ3n) is 5.74. The quantitative estimate of drug-likeness (QED) is 0.346. The minimum atomic E-state index is -2.89. The monoisotopic (exact) mass is 408 g/mol. The number of carbonyl (C=O) groups excluding carboxylic acids is 3. The first-order valence-corrected chi connectivity index (χ1v) is 9.54. The highest BCUT2D eigenvalue weighted by molar-refractivity contribution is 6.00. The molecule has 2 aliphatic heterocycles. The van der Waals surface area contributed by atoms with Gasteiger partial charge in [-0.15, -0.1) is 0 Å². The van der Waals surface area contributed by atoms with Crippen LogP contribution in [0.2, 0.25) is 0 Å². The van der Waals surface area contributed by atoms with E-state index in [0.717, 1.165) is 5.56 Å². The normalized spacial score (nSPS) is 25.7. The van der Waals surface area contributed by atoms with E-state index in [1.54, 1.807) is 0 Å². The third kappa shape index (κ3) is 3.69. The third-order valence-corrected chi connectivity index (χ3v) is 5.74. The Balaban J connectivity index is 1.37. The molecule has 1 aromatic rings. The molecule has 2 N–H and O–H groups in total. The maximum absolute atomic E-state index is 13.0. The Morgan fingerprint density at radius 3 is 2.52 bits per heavy atom. The first-order chi connectivity index (χ1) is 13.8. The summed E-state index contributed by atoms with van der Waals surface area (Å²) < 4.78 is 26.0. The highest BCUT2D eigenvalue weighted by atomic mass is 19.3. The van der Waals surface area contributed by atoms with E-state index in [2.05, 4.69) is 0 Å². The molecule has 4 amide bonds. The number of fused-ring (bicyclic) bond motifs is 2. The van der Waals surface area contributed by atoms with Crippen LogP contribution in [0.5, 0.6) is 0 Å². The van der Waals surface area contributed by atoms with E-state index < -0.39 is 48.6 Å². The Hall–Kier alpha value is -2.59. The number of alkyl halides is 2. The number of nitrogens with two attached hydrogens (primary N) is 1. The molecule has 2 saturated heterocycles. The van der Waals surface area contributed by atoms with E-state index in [9.17, 15) is 23.2 Å². The lowest BCUT2D eigenvalue weighted by molar-refractivity contribution is -0.166. The van der Waals surface area contributed by atoms with Crippen LogP contribution in [-0.2, 0) is 21.0 Å². The first-order valence-electron chi connectivity index (χ1n) is 9.54. The molecule has 2 bridgehead atoms. The summed E-state index contributed by atoms with van der Waals surface area (Å²) in [5.41, 5.74) is 0.903. The van der Waals surface area contributed by atoms with Gasteiger partial charge < -0.3 is 4.90 Å². The second-order valence-corrected chi connectivity index (χ2v) is 7.77. The Labute approximate surface area is 166 Å². The standard InChI is InChI=1S/C19H22F2N4O4/c20-19(21)8-13(9-19)16(26)24(22)17(27)15-7-6-14-10-23(15)18(28)25(14)29-11-12-4-2-1-3-5-12/h1-5,13-15H,6-11,22H2/t14-,15+/m1/s1. The lowest BCUT2D eigenvalue weighted by Crippen LogP contribution is -2.58. The molecular weight excluding hydrogens is 386 g/mol. The molecule has 1 aromatic carbocycles. The topological polar surface area (TPSA) is 96.2 Å². The maximum Gasteiger partial charge on any atom is 0.345 e. The van der Waals surface area contributed by atoms with Crippen LogP contribution < -0.4 is 5.84 Å². The molecule has 1 aliphatic carbocycles. The fourth-order valence-electron chi connectivity index (χ4n) is 4.07. The van der Waals surface area contributed by atoms with E-state index >= 15 is 0 Å². The van der Waals surface area contributed by atoms with Gasteiger partial charge in [0.2, 0.25) is 11.8 Å². The Morgan fingerprint density at radius 1 is 1.17 bits per heavy atom. The summed E-state index contributed by atoms with van der Waals surface area (Å²) in [6.45, 7) is 0.500. The molecule has 29 heavy (non-hydrogen) atoms. The van der Waals surface area contributed by atoms with Crippen molar-refractivity contribution in [2.24, 2.45) is 11.8 Å². The molecular formula is C19H22F2N4O4. The van der Waals surface area contributed by atoms with Crippen molar-refractivity contribution >= 4 is 17.8 Å². The molecule has 10 heteroatoms. The smallest absolute Gasteiger partial charge is 0.309 e. The zero-order valence-electron chi connectivity index (χ0n) is 15.7. The van der Waals surface area contributed by atoms with Crippen LogP contribution in [0.4, 0.5) is 13.6 Å². The van der Waals surface area contributed by atoms with Gasteiger partial charge in [0.05, 0.1) is 12.0 Å². The molecule has 0 radical (unpaired) electrons. The van der Waals surface area contributed by atoms with Crippen LogP contribution in [0.3, 0.4) is 0 Å². The van der Waals surface area contributed by atoms with Crippen LogP contribution in [0.15, 0.2) is 30.3 Å². The van der Waals surface area contributed by atoms with Crippen molar-refractivity contribution in [2.45, 2.75) is 50.3 Å². The van der Waals surface area contributed by atoms with Crippen molar-refractivity contribution in [1.29, 1.82) is 0 Å². The van der Waals surface area contributed by atoms with Crippen molar-refractivity contribution in [3.63, 3.8) is 0 Å². The number of hydrogen-bond acceptors (Lipinski definition) is 5. The number of urea groups is 1. The molecule has 2 atom stereocenters. The molecule has 156 valence electrons. The second-order valence-electron chi connectivity index (χ2n) is 7.77. The molecule has 0 spiro atoms. The lowest BCUT2D eigenvalue weighted by Gasteiger charge is -2.37. The number of rotatable bonds is 5. The van der Waals surface area contributed by atoms with Crippen molar-refractivity contribution in [2.75, 3.05) is 6.54 Å². The Morgan fingerprint density at radius 2 is 1.86 bits per heavy atom. The number of piperidine rings is 1. The largest absolute Gasteiger partial charge is 0.345 e. The summed E-state index contributed by atoms with van der Waals surface area (Å²) in [5.74, 6) is 0.219. The highest BCUT2D eigenvalue weighted by Gasteiger charge is 2.53. The number of nitrogens with zero attached hydrogens (tertiary/aromatic N) is 3. The van der Waals surface area contributed by atoms with Crippen LogP contribution in [0.25, 0.3) is 0 Å². The zero-order chi connectivity index (χ0) is 20.8. The van der Waals surface area contributed by atoms with E-state index in [0.29, 0.717) is 17.9 Å². The number of hydroxylamine groups is 2. The van der Waals surface area contributed by atoms with Crippen molar-refractivity contribution in [1.82, 2.24) is 15.0 Å². The lowest BCUT2D eigenvalue weighted by atomic mass is 9.80. The average molecular weight is 408 g/mol. The van der Waals surface area contributed by atoms with Gasteiger partial charge in [-0.3, -0.25) is 14.4 Å². The fourth-order valence-corrected chi connectivity index (χ4v) is 4.07. The predicted octanol–water partition coefficient (Wildman–Crippen LogP) is 1.66. The van der Waals surface area contributed by atoms with Gasteiger partial charge in [0.15, 0.2) is 0 Å². The number of halogens is 2. The predicted molar refractivity (Wildman–Crippen MR) is 95.7 cm³/mol. The molecule has 4 rings (SSSR count). The number of hydrazine groups is 1. The van der Waals surface area contributed by atoms with Crippen LogP contribution in [0.1, 0.15) is 31.2 Å². The van der Waals surface area contributed by atoms with Gasteiger partial charge in [0.25, 0.3) is 5.91 Å². The van der Waals surface area contributed by atoms with Gasteiger partial charge in [0.1, 0.15) is 12.6 Å². The molecule has 0 aromatic heterocycles. The first kappa shape index (κ1) is 19.7. The zero-order valence-corrected chi connectivity index (χ0v) is 15.7. The summed E-state index contributed by atoms with van der Waals surface area (Å²) in [5, 5.41) is 1.68. The van der Waals surface area contributed by atoms with Gasteiger partial charge >= 0.3 is 6.03 Å². The molecule has 8 nitrogen and oxygen atoms in total. The van der Waals surface area contributed by atoms with Gasteiger partial charge in [-0.25, -0.2) is 24.4 Å². The number of carbonyl (C=O) groups is 3. The summed E-state index contributed by atoms with van der Waals surface area (Å²) >= 11 is 0. The van der Waals surface area contributed by atoms with Crippen molar-refractivity contribution < 1.29 is 28.0 Å². The fraction of sp³-hybridized carbons (Fsp3) is 0.526. The van der Waals surface area contributed by atoms with Gasteiger partial charge in [0, 0.05) is 19.4 Å². The van der Waals surface area contributed by atoms with Gasteiger partial charge in [-0.1, -0.05) is 30.3 Å². The van der Waals surface area contributed by atoms with Crippen molar-refractivity contribution in [3.8, 4) is 0 Å². The van der Waals surface area contributed by atoms with E-state index in [4.69, 9.17) is 10.7 Å². The summed E-state index contributed by atoms with van der Waals surface area (Å²) in [4.78, 5) is 44.7. The summed E-state index contributed by atoms with van der Waals surface area (Å²) in [6, 6.07) is 7.81. The Kier molecular flexibility index (Phi) is 4.99. The van der Waals surface area contributed by atoms with E-state index in [-0.39, 0.29) is 19.2 Å². The molecule has 0 unspecified atom stereocenters. The van der Waals surface area contributed by atoms with E-state index in [1.807, 2.05) is 30.3 Å². The van der Waals surface area contributed by atoms with Crippen LogP contribution in [0, 0.1) is 5.92 Å². The second kappa shape index (κ2) is 7.34. The summed E-state index contributed by atoms with van der Waals surface area (Å²) in [6.07, 6.45) is -0.383. The SMILES string of the molecule is NN(C(=O)C1CC(F)(F)C1)C(=O)[C@@H]1CC[C@@H]2CN1C(=O)N2OCc1ccccc1. The number of hydrogen-bond donors (Lipinski definition) is 1. The van der Waals surface area contributed by atoms with Crippen LogP contribution >= 0.6 is 0 Å². The maximum atomic E-state index is 13.0. The van der Waals surface area contributed by atoms with Crippen molar-refractivity contribution in [3.05, 3.63) is 35.9 Å². The van der Waals surface area contributed by atoms with Crippen LogP contribution in [-0.4, -0.2) is 57.4 Å². The molecule has 3 aliphatic rings. The number of imide groups is 1. The number of benzene rings is 1. The van der Waals surface area contributed by atoms with Gasteiger partial charge in [-0.05, 0) is 18.4 Å². The molecule has 3 fully saturated rings. The average Bonchev–Trinajstić information content (AvgIpc) is 2.94. The summed E-state index contributed by atoms with van der Waals surface area (Å²) in [7, 11) is 0. The minimum absolute atomic E-state index is 0.192. The minimum Gasteiger partial charge on any atom is -0.309 e. The Bertz CT molecular complexity index is 814. The van der Waals surface area contributed by atoms with E-state index in [1.165, 1.54) is 9.96 Å². The molecule has 2 heterocycles. The number of amides is 4. The molecule has 1 saturated carbocycles. The van der Waals surface area contributed by atoms with Gasteiger partial charge in [-0.2, -0.15) is 5.06 Å².